The van der Waals surface area contributed by atoms with Crippen molar-refractivity contribution in [2.75, 3.05) is 7.11 Å². The highest BCUT2D eigenvalue weighted by Crippen LogP contribution is 2.28. The van der Waals surface area contributed by atoms with Gasteiger partial charge in [-0.05, 0) is 55.5 Å². The van der Waals surface area contributed by atoms with Crippen molar-refractivity contribution in [3.63, 3.8) is 0 Å². The van der Waals surface area contributed by atoms with Gasteiger partial charge in [0.25, 0.3) is 5.69 Å². The highest BCUT2D eigenvalue weighted by Gasteiger charge is 2.16. The van der Waals surface area contributed by atoms with Crippen LogP contribution in [0, 0.1) is 10.1 Å². The van der Waals surface area contributed by atoms with Gasteiger partial charge in [0.1, 0.15) is 11.3 Å². The summed E-state index contributed by atoms with van der Waals surface area (Å²) in [4.78, 5) is 38.4. The monoisotopic (exact) mass is 392 g/mol. The zero-order valence-electron chi connectivity index (χ0n) is 15.6. The Hall–Kier alpha value is -4.07. The molecule has 2 aromatic carbocycles. The number of hydrogen-bond donors (Lipinski definition) is 1. The van der Waals surface area contributed by atoms with E-state index in [1.807, 2.05) is 0 Å². The number of nitro groups is 1. The molecule has 3 aromatic rings. The van der Waals surface area contributed by atoms with Crippen LogP contribution in [0.1, 0.15) is 38.9 Å². The zero-order chi connectivity index (χ0) is 21.1. The lowest BCUT2D eigenvalue weighted by Crippen LogP contribution is -2.02. The molecule has 0 fully saturated rings. The Kier molecular flexibility index (Phi) is 5.36. The number of ketones is 1. The molecule has 1 N–H and O–H groups in total. The van der Waals surface area contributed by atoms with Gasteiger partial charge in [-0.1, -0.05) is 0 Å². The van der Waals surface area contributed by atoms with Crippen LogP contribution in [0.15, 0.2) is 42.5 Å². The summed E-state index contributed by atoms with van der Waals surface area (Å²) in [5.74, 6) is -0.897. The first kappa shape index (κ1) is 19.7. The largest absolute Gasteiger partial charge is 0.506 e. The first-order valence-corrected chi connectivity index (χ1v) is 8.50. The summed E-state index contributed by atoms with van der Waals surface area (Å²) in [6.07, 6.45) is 3.03. The molecule has 8 heteroatoms. The number of hydrogen-bond acceptors (Lipinski definition) is 7. The van der Waals surface area contributed by atoms with Crippen molar-refractivity contribution in [3.8, 4) is 5.75 Å². The summed E-state index contributed by atoms with van der Waals surface area (Å²) in [5.41, 5.74) is 1.21. The number of methoxy groups -OCH3 is 1. The van der Waals surface area contributed by atoms with Crippen molar-refractivity contribution in [1.82, 2.24) is 4.98 Å². The van der Waals surface area contributed by atoms with Crippen molar-refractivity contribution in [2.45, 2.75) is 6.92 Å². The number of phenols is 1. The maximum atomic E-state index is 11.7. The molecule has 1 aromatic heterocycles. The van der Waals surface area contributed by atoms with Crippen LogP contribution in [0.4, 0.5) is 5.69 Å². The second-order valence-corrected chi connectivity index (χ2v) is 6.18. The van der Waals surface area contributed by atoms with Gasteiger partial charge in [-0.3, -0.25) is 14.9 Å². The molecule has 0 bridgehead atoms. The van der Waals surface area contributed by atoms with Gasteiger partial charge in [0, 0.05) is 17.0 Å². The molecular weight excluding hydrogens is 376 g/mol. The molecule has 0 atom stereocenters. The third-order valence-electron chi connectivity index (χ3n) is 4.32. The van der Waals surface area contributed by atoms with Crippen molar-refractivity contribution in [1.29, 1.82) is 0 Å². The van der Waals surface area contributed by atoms with Gasteiger partial charge in [0.2, 0.25) is 0 Å². The zero-order valence-corrected chi connectivity index (χ0v) is 15.6. The van der Waals surface area contributed by atoms with Gasteiger partial charge >= 0.3 is 5.97 Å². The van der Waals surface area contributed by atoms with E-state index >= 15 is 0 Å². The minimum Gasteiger partial charge on any atom is -0.506 e. The van der Waals surface area contributed by atoms with E-state index in [0.29, 0.717) is 16.6 Å². The molecule has 0 amide bonds. The summed E-state index contributed by atoms with van der Waals surface area (Å²) in [6, 6.07) is 10.2. The molecule has 29 heavy (non-hydrogen) atoms. The van der Waals surface area contributed by atoms with E-state index in [0.717, 1.165) is 6.07 Å². The van der Waals surface area contributed by atoms with Gasteiger partial charge in [0.15, 0.2) is 5.78 Å². The number of nitrogens with zero attached hydrogens (tertiary/aromatic N) is 2. The second-order valence-electron chi connectivity index (χ2n) is 6.18. The lowest BCUT2D eigenvalue weighted by atomic mass is 10.0. The quantitative estimate of drug-likeness (QED) is 0.301. The molecular formula is C21H16N2O6. The van der Waals surface area contributed by atoms with Crippen LogP contribution in [-0.2, 0) is 4.74 Å². The number of fused-ring (bicyclic) bond motifs is 1. The summed E-state index contributed by atoms with van der Waals surface area (Å²) in [5, 5.41) is 22.0. The lowest BCUT2D eigenvalue weighted by molar-refractivity contribution is -0.385. The number of aromatic hydroxyl groups is 1. The van der Waals surface area contributed by atoms with Crippen LogP contribution in [0.25, 0.3) is 23.1 Å². The highest BCUT2D eigenvalue weighted by atomic mass is 16.6. The van der Waals surface area contributed by atoms with Crippen molar-refractivity contribution in [2.24, 2.45) is 0 Å². The van der Waals surface area contributed by atoms with E-state index in [4.69, 9.17) is 0 Å². The van der Waals surface area contributed by atoms with Crippen LogP contribution in [0.3, 0.4) is 0 Å². The molecule has 0 spiro atoms. The number of ether oxygens (including phenoxy) is 1. The van der Waals surface area contributed by atoms with E-state index in [1.165, 1.54) is 44.4 Å². The number of carbonyl (C=O) groups excluding carboxylic acids is 2. The van der Waals surface area contributed by atoms with E-state index < -0.39 is 10.9 Å². The van der Waals surface area contributed by atoms with Crippen LogP contribution < -0.4 is 0 Å². The van der Waals surface area contributed by atoms with Gasteiger partial charge < -0.3 is 9.84 Å². The fourth-order valence-corrected chi connectivity index (χ4v) is 2.88. The smallest absolute Gasteiger partial charge is 0.338 e. The van der Waals surface area contributed by atoms with E-state index in [2.05, 4.69) is 9.72 Å². The highest BCUT2D eigenvalue weighted by molar-refractivity contribution is 6.07. The molecule has 146 valence electrons. The number of rotatable bonds is 5. The predicted molar refractivity (Wildman–Crippen MR) is 107 cm³/mol. The summed E-state index contributed by atoms with van der Waals surface area (Å²) in [6.45, 7) is 1.43. The fourth-order valence-electron chi connectivity index (χ4n) is 2.88. The Morgan fingerprint density at radius 1 is 1.14 bits per heavy atom. The molecule has 8 nitrogen and oxygen atoms in total. The van der Waals surface area contributed by atoms with Crippen molar-refractivity contribution in [3.05, 3.63) is 75.0 Å². The lowest BCUT2D eigenvalue weighted by Gasteiger charge is -2.06. The normalized spacial score (nSPS) is 11.0. The minimum absolute atomic E-state index is 0.0712. The summed E-state index contributed by atoms with van der Waals surface area (Å²) >= 11 is 0. The maximum Gasteiger partial charge on any atom is 0.338 e. The number of carbonyl (C=O) groups is 2. The Morgan fingerprint density at radius 2 is 1.90 bits per heavy atom. The van der Waals surface area contributed by atoms with Crippen molar-refractivity contribution < 1.29 is 24.4 Å². The third kappa shape index (κ3) is 3.96. The Balaban J connectivity index is 2.03. The number of aromatic nitrogens is 1. The number of esters is 1. The standard InChI is InChI=1S/C21H16N2O6/c1-12(24)16-9-10-19(25)20-17(16)8-7-15(22-20)6-5-13-3-4-14(21(26)29-2)11-18(13)23(27)28/h3-11,25H,1-2H3. The van der Waals surface area contributed by atoms with Crippen molar-refractivity contribution >= 4 is 40.5 Å². The van der Waals surface area contributed by atoms with Gasteiger partial charge in [-0.15, -0.1) is 0 Å². The molecule has 0 radical (unpaired) electrons. The Labute approximate surface area is 165 Å². The van der Waals surface area contributed by atoms with Crippen LogP contribution in [0.5, 0.6) is 5.75 Å². The van der Waals surface area contributed by atoms with Gasteiger partial charge in [-0.2, -0.15) is 0 Å². The van der Waals surface area contributed by atoms with E-state index in [9.17, 15) is 24.8 Å². The molecule has 3 rings (SSSR count). The number of phenolic OH excluding ortho intramolecular Hbond substituents is 1. The maximum absolute atomic E-state index is 11.7. The topological polar surface area (TPSA) is 120 Å². The van der Waals surface area contributed by atoms with Crippen LogP contribution in [0.2, 0.25) is 0 Å². The third-order valence-corrected chi connectivity index (χ3v) is 4.32. The molecule has 1 heterocycles. The van der Waals surface area contributed by atoms with Crippen LogP contribution in [-0.4, -0.2) is 33.9 Å². The molecule has 0 aliphatic carbocycles. The molecule has 0 aliphatic rings. The van der Waals surface area contributed by atoms with E-state index in [1.54, 1.807) is 18.2 Å². The SMILES string of the molecule is COC(=O)c1ccc(C=Cc2ccc3c(C(C)=O)ccc(O)c3n2)c([N+](=O)[O-])c1. The Morgan fingerprint density at radius 3 is 2.55 bits per heavy atom. The number of Topliss-reactive ketones (excluding diaryl/α,β-unsaturated/α-hetero) is 1. The molecule has 0 aliphatic heterocycles. The van der Waals surface area contributed by atoms with Gasteiger partial charge in [-0.25, -0.2) is 9.78 Å². The number of nitro benzene ring substituents is 1. The summed E-state index contributed by atoms with van der Waals surface area (Å²) < 4.78 is 4.58. The molecule has 0 saturated carbocycles. The van der Waals surface area contributed by atoms with E-state index in [-0.39, 0.29) is 33.9 Å². The average molecular weight is 392 g/mol. The number of pyridine rings is 1. The number of benzene rings is 2. The average Bonchev–Trinajstić information content (AvgIpc) is 2.71. The second kappa shape index (κ2) is 7.89. The Bertz CT molecular complexity index is 1180. The summed E-state index contributed by atoms with van der Waals surface area (Å²) in [7, 11) is 1.19. The van der Waals surface area contributed by atoms with Gasteiger partial charge in [0.05, 0.1) is 28.9 Å². The van der Waals surface area contributed by atoms with Crippen LogP contribution >= 0.6 is 0 Å². The first-order chi connectivity index (χ1) is 13.8. The molecule has 0 unspecified atom stereocenters. The first-order valence-electron chi connectivity index (χ1n) is 8.50. The predicted octanol–water partition coefficient (Wildman–Crippen LogP) is 4.01. The molecule has 0 saturated heterocycles. The minimum atomic E-state index is -0.670. The fraction of sp³-hybridized carbons (Fsp3) is 0.0952.